The largest absolute Gasteiger partial charge is 0.465 e. The van der Waals surface area contributed by atoms with Crippen LogP contribution in [-0.4, -0.2) is 33.0 Å². The summed E-state index contributed by atoms with van der Waals surface area (Å²) in [4.78, 5) is 17.2. The first kappa shape index (κ1) is 21.9. The average Bonchev–Trinajstić information content (AvgIpc) is 3.09. The van der Waals surface area contributed by atoms with Crippen LogP contribution in [0.5, 0.6) is 0 Å². The molecule has 0 N–H and O–H groups in total. The molecule has 158 valence electrons. The molecule has 0 bridgehead atoms. The van der Waals surface area contributed by atoms with Crippen LogP contribution in [0.15, 0.2) is 47.4 Å². The second-order valence-corrected chi connectivity index (χ2v) is 9.61. The Labute approximate surface area is 179 Å². The molecule has 0 aliphatic carbocycles. The molecule has 3 aromatic rings. The first-order chi connectivity index (χ1) is 14.2. The summed E-state index contributed by atoms with van der Waals surface area (Å²) in [7, 11) is -2.73. The third-order valence-corrected chi connectivity index (χ3v) is 7.46. The topological polar surface area (TPSA) is 76.6 Å². The molecule has 3 rings (SSSR count). The van der Waals surface area contributed by atoms with Crippen LogP contribution in [-0.2, 0) is 14.8 Å². The number of benzene rings is 2. The van der Waals surface area contributed by atoms with E-state index in [-0.39, 0.29) is 22.8 Å². The number of halogens is 1. The molecule has 0 amide bonds. The second-order valence-electron chi connectivity index (χ2n) is 6.54. The van der Waals surface area contributed by atoms with Gasteiger partial charge in [0.2, 0.25) is 0 Å². The third kappa shape index (κ3) is 4.08. The highest BCUT2D eigenvalue weighted by molar-refractivity contribution is 7.92. The Hall–Kier alpha value is -2.78. The minimum atomic E-state index is -3.97. The zero-order valence-corrected chi connectivity index (χ0v) is 18.6. The van der Waals surface area contributed by atoms with Crippen molar-refractivity contribution in [1.29, 1.82) is 0 Å². The number of hydrogen-bond acceptors (Lipinski definition) is 6. The van der Waals surface area contributed by atoms with E-state index in [1.807, 2.05) is 0 Å². The first-order valence-corrected chi connectivity index (χ1v) is 11.4. The van der Waals surface area contributed by atoms with E-state index in [9.17, 15) is 17.6 Å². The standard InChI is InChI=1S/C21H21FN2O4S2/c1-5-24(19-14(3)29-20(23-19)15-7-9-16(22)10-8-15)30(26,27)17-11-6-13(2)18(12-17)21(25)28-4/h6-12H,5H2,1-4H3. The maximum absolute atomic E-state index is 13.4. The van der Waals surface area contributed by atoms with Crippen LogP contribution in [0.25, 0.3) is 10.6 Å². The molecule has 0 fully saturated rings. The molecule has 0 aliphatic rings. The normalized spacial score (nSPS) is 11.4. The van der Waals surface area contributed by atoms with Crippen molar-refractivity contribution in [1.82, 2.24) is 4.98 Å². The molecule has 0 saturated carbocycles. The van der Waals surface area contributed by atoms with E-state index in [1.54, 1.807) is 39.0 Å². The second kappa shape index (κ2) is 8.53. The molecule has 0 aliphatic heterocycles. The average molecular weight is 449 g/mol. The van der Waals surface area contributed by atoms with Crippen LogP contribution in [0.2, 0.25) is 0 Å². The molecule has 2 aromatic carbocycles. The lowest BCUT2D eigenvalue weighted by molar-refractivity contribution is 0.0599. The van der Waals surface area contributed by atoms with Gasteiger partial charge in [0.1, 0.15) is 10.8 Å². The number of aromatic nitrogens is 1. The van der Waals surface area contributed by atoms with Crippen LogP contribution in [0.3, 0.4) is 0 Å². The van der Waals surface area contributed by atoms with Crippen LogP contribution < -0.4 is 4.31 Å². The number of anilines is 1. The number of esters is 1. The molecule has 1 aromatic heterocycles. The van der Waals surface area contributed by atoms with E-state index in [0.29, 0.717) is 26.8 Å². The highest BCUT2D eigenvalue weighted by atomic mass is 32.2. The summed E-state index contributed by atoms with van der Waals surface area (Å²) in [6.45, 7) is 5.35. The fourth-order valence-corrected chi connectivity index (χ4v) is 5.48. The number of nitrogens with zero attached hydrogens (tertiary/aromatic N) is 2. The summed E-state index contributed by atoms with van der Waals surface area (Å²) in [5, 5.41) is 0.593. The molecule has 0 atom stereocenters. The highest BCUT2D eigenvalue weighted by Crippen LogP contribution is 2.35. The number of hydrogen-bond donors (Lipinski definition) is 0. The monoisotopic (exact) mass is 448 g/mol. The van der Waals surface area contributed by atoms with Crippen LogP contribution in [0.4, 0.5) is 10.2 Å². The Kier molecular flexibility index (Phi) is 6.23. The zero-order chi connectivity index (χ0) is 22.1. The van der Waals surface area contributed by atoms with Crippen molar-refractivity contribution < 1.29 is 22.3 Å². The van der Waals surface area contributed by atoms with E-state index < -0.39 is 16.0 Å². The minimum absolute atomic E-state index is 0.0221. The van der Waals surface area contributed by atoms with Gasteiger partial charge in [-0.15, -0.1) is 11.3 Å². The highest BCUT2D eigenvalue weighted by Gasteiger charge is 2.29. The van der Waals surface area contributed by atoms with Crippen LogP contribution in [0, 0.1) is 19.7 Å². The molecule has 1 heterocycles. The number of carbonyl (C=O) groups is 1. The molecule has 0 saturated heterocycles. The predicted octanol–water partition coefficient (Wildman–Crippen LogP) is 4.57. The SMILES string of the molecule is CCN(c1nc(-c2ccc(F)cc2)sc1C)S(=O)(=O)c1ccc(C)c(C(=O)OC)c1. The van der Waals surface area contributed by atoms with Crippen molar-refractivity contribution in [3.63, 3.8) is 0 Å². The van der Waals surface area contributed by atoms with E-state index in [0.717, 1.165) is 0 Å². The molecule has 9 heteroatoms. The summed E-state index contributed by atoms with van der Waals surface area (Å²) in [6, 6.07) is 10.2. The van der Waals surface area contributed by atoms with Gasteiger partial charge in [0.15, 0.2) is 5.82 Å². The molecule has 0 radical (unpaired) electrons. The molecule has 6 nitrogen and oxygen atoms in total. The quantitative estimate of drug-likeness (QED) is 0.517. The summed E-state index contributed by atoms with van der Waals surface area (Å²) >= 11 is 1.33. The van der Waals surface area contributed by atoms with Gasteiger partial charge in [0.05, 0.1) is 17.6 Å². The summed E-state index contributed by atoms with van der Waals surface area (Å²) in [5.41, 5.74) is 1.51. The van der Waals surface area contributed by atoms with E-state index >= 15 is 0 Å². The van der Waals surface area contributed by atoms with Crippen molar-refractivity contribution in [2.24, 2.45) is 0 Å². The first-order valence-electron chi connectivity index (χ1n) is 9.14. The van der Waals surface area contributed by atoms with E-state index in [4.69, 9.17) is 4.74 Å². The van der Waals surface area contributed by atoms with Gasteiger partial charge in [0, 0.05) is 17.0 Å². The Balaban J connectivity index is 2.05. The number of thiazole rings is 1. The van der Waals surface area contributed by atoms with E-state index in [1.165, 1.54) is 47.0 Å². The van der Waals surface area contributed by atoms with Crippen LogP contribution >= 0.6 is 11.3 Å². The molecule has 0 spiro atoms. The minimum Gasteiger partial charge on any atom is -0.465 e. The zero-order valence-electron chi connectivity index (χ0n) is 17.0. The Bertz CT molecular complexity index is 1190. The van der Waals surface area contributed by atoms with E-state index in [2.05, 4.69) is 4.98 Å². The van der Waals surface area contributed by atoms with Gasteiger partial charge >= 0.3 is 5.97 Å². The smallest absolute Gasteiger partial charge is 0.338 e. The summed E-state index contributed by atoms with van der Waals surface area (Å²) < 4.78 is 45.9. The van der Waals surface area contributed by atoms with Crippen molar-refractivity contribution in [2.75, 3.05) is 18.0 Å². The number of aryl methyl sites for hydroxylation is 2. The molecular formula is C21H21FN2O4S2. The summed E-state index contributed by atoms with van der Waals surface area (Å²) in [6.07, 6.45) is 0. The third-order valence-electron chi connectivity index (χ3n) is 4.59. The molecule has 30 heavy (non-hydrogen) atoms. The van der Waals surface area contributed by atoms with Gasteiger partial charge in [-0.25, -0.2) is 26.9 Å². The van der Waals surface area contributed by atoms with Crippen LogP contribution in [0.1, 0.15) is 27.7 Å². The maximum Gasteiger partial charge on any atom is 0.338 e. The number of rotatable bonds is 6. The fourth-order valence-electron chi connectivity index (χ4n) is 2.99. The van der Waals surface area contributed by atoms with Gasteiger partial charge in [-0.1, -0.05) is 6.07 Å². The Morgan fingerprint density at radius 3 is 2.43 bits per heavy atom. The predicted molar refractivity (Wildman–Crippen MR) is 115 cm³/mol. The Morgan fingerprint density at radius 1 is 1.17 bits per heavy atom. The van der Waals surface area contributed by atoms with Gasteiger partial charge in [-0.05, 0) is 62.7 Å². The Morgan fingerprint density at radius 2 is 1.83 bits per heavy atom. The number of sulfonamides is 1. The fraction of sp³-hybridized carbons (Fsp3) is 0.238. The van der Waals surface area contributed by atoms with Gasteiger partial charge in [0.25, 0.3) is 10.0 Å². The van der Waals surface area contributed by atoms with Crippen molar-refractivity contribution in [3.05, 3.63) is 64.3 Å². The lowest BCUT2D eigenvalue weighted by Gasteiger charge is -2.22. The number of methoxy groups -OCH3 is 1. The number of ether oxygens (including phenoxy) is 1. The number of carbonyl (C=O) groups excluding carboxylic acids is 1. The van der Waals surface area contributed by atoms with Crippen molar-refractivity contribution in [2.45, 2.75) is 25.7 Å². The maximum atomic E-state index is 13.4. The van der Waals surface area contributed by atoms with Gasteiger partial charge < -0.3 is 4.74 Å². The molecular weight excluding hydrogens is 427 g/mol. The molecule has 0 unspecified atom stereocenters. The van der Waals surface area contributed by atoms with Crippen molar-refractivity contribution in [3.8, 4) is 10.6 Å². The lowest BCUT2D eigenvalue weighted by atomic mass is 10.1. The summed E-state index contributed by atoms with van der Waals surface area (Å²) in [5.74, 6) is -0.649. The van der Waals surface area contributed by atoms with Crippen molar-refractivity contribution >= 4 is 33.1 Å². The van der Waals surface area contributed by atoms with Gasteiger partial charge in [-0.3, -0.25) is 0 Å². The van der Waals surface area contributed by atoms with Gasteiger partial charge in [-0.2, -0.15) is 0 Å². The lowest BCUT2D eigenvalue weighted by Crippen LogP contribution is -2.31.